The number of hydrogen-bond acceptors (Lipinski definition) is 1. The number of fused-ring (bicyclic) bond motifs is 1. The topological polar surface area (TPSA) is 3.24 Å². The molecule has 0 spiro atoms. The summed E-state index contributed by atoms with van der Waals surface area (Å²) in [7, 11) is 0. The second-order valence-electron chi connectivity index (χ2n) is 10.8. The van der Waals surface area contributed by atoms with Crippen molar-refractivity contribution in [2.24, 2.45) is 11.8 Å². The maximum atomic E-state index is 3.18. The average Bonchev–Trinajstić information content (AvgIpc) is 3.41. The molecule has 0 aromatic carbocycles. The van der Waals surface area contributed by atoms with E-state index in [9.17, 15) is 0 Å². The van der Waals surface area contributed by atoms with Gasteiger partial charge in [0, 0.05) is 17.6 Å². The molecule has 3 rings (SSSR count). The fourth-order valence-corrected chi connectivity index (χ4v) is 6.80. The molecule has 0 N–H and O–H groups in total. The number of nitrogens with zero attached hydrogens (tertiary/aromatic N) is 1. The molecule has 0 bridgehead atoms. The average molecular weight is 390 g/mol. The molecule has 0 radical (unpaired) electrons. The lowest BCUT2D eigenvalue weighted by molar-refractivity contribution is 0.0189. The van der Waals surface area contributed by atoms with Crippen LogP contribution in [0.1, 0.15) is 143 Å². The van der Waals surface area contributed by atoms with Crippen LogP contribution >= 0.6 is 0 Å². The molecule has 164 valence electrons. The Morgan fingerprint density at radius 3 is 1.32 bits per heavy atom. The molecule has 2 unspecified atom stereocenters. The molecule has 3 fully saturated rings. The molecule has 0 aromatic heterocycles. The molecule has 1 nitrogen and oxygen atoms in total. The first-order valence-corrected chi connectivity index (χ1v) is 13.5. The maximum absolute atomic E-state index is 3.18. The fraction of sp³-hybridized carbons (Fsp3) is 1.00. The summed E-state index contributed by atoms with van der Waals surface area (Å²) in [5.41, 5.74) is 0.423. The third kappa shape index (κ3) is 5.77. The van der Waals surface area contributed by atoms with Crippen LogP contribution in [0.5, 0.6) is 0 Å². The van der Waals surface area contributed by atoms with Gasteiger partial charge in [0.05, 0.1) is 0 Å². The van der Waals surface area contributed by atoms with Gasteiger partial charge in [-0.1, -0.05) is 97.3 Å². The zero-order valence-electron chi connectivity index (χ0n) is 19.7. The molecule has 0 heterocycles. The van der Waals surface area contributed by atoms with E-state index in [4.69, 9.17) is 0 Å². The van der Waals surface area contributed by atoms with E-state index in [1.165, 1.54) is 122 Å². The molecule has 0 aromatic rings. The Kier molecular flexibility index (Phi) is 9.20. The van der Waals surface area contributed by atoms with Gasteiger partial charge in [-0.25, -0.2) is 0 Å². The largest absolute Gasteiger partial charge is 0.291 e. The molecule has 3 aliphatic carbocycles. The predicted octanol–water partition coefficient (Wildman–Crippen LogP) is 8.51. The monoisotopic (exact) mass is 389 g/mol. The van der Waals surface area contributed by atoms with Crippen LogP contribution in [-0.2, 0) is 0 Å². The van der Waals surface area contributed by atoms with Crippen LogP contribution in [0.15, 0.2) is 0 Å². The molecule has 2 atom stereocenters. The Morgan fingerprint density at radius 2 is 0.929 bits per heavy atom. The Morgan fingerprint density at radius 1 is 0.571 bits per heavy atom. The Bertz CT molecular complexity index is 400. The summed E-state index contributed by atoms with van der Waals surface area (Å²) >= 11 is 0. The highest BCUT2D eigenvalue weighted by Crippen LogP contribution is 2.54. The van der Waals surface area contributed by atoms with Gasteiger partial charge in [0.15, 0.2) is 0 Å². The number of hydrogen-bond donors (Lipinski definition) is 0. The summed E-state index contributed by atoms with van der Waals surface area (Å²) in [6, 6.07) is 1.79. The zero-order valence-corrected chi connectivity index (χ0v) is 19.7. The van der Waals surface area contributed by atoms with Gasteiger partial charge in [0.25, 0.3) is 0 Å². The van der Waals surface area contributed by atoms with Crippen molar-refractivity contribution in [3.8, 4) is 0 Å². The molecular weight excluding hydrogens is 338 g/mol. The second kappa shape index (κ2) is 11.4. The van der Waals surface area contributed by atoms with Crippen LogP contribution in [0, 0.1) is 11.8 Å². The highest BCUT2D eigenvalue weighted by atomic mass is 15.3. The minimum atomic E-state index is 0.423. The molecule has 28 heavy (non-hydrogen) atoms. The van der Waals surface area contributed by atoms with Crippen LogP contribution in [-0.4, -0.2) is 22.5 Å². The van der Waals surface area contributed by atoms with Gasteiger partial charge in [-0.2, -0.15) is 0 Å². The lowest BCUT2D eigenvalue weighted by atomic mass is 9.87. The number of rotatable bonds is 5. The molecule has 3 aliphatic rings. The SMILES string of the molecule is CCC(C)(CC)N(C1CCCCCCCCC1)C1C2CCCCCCCCC21. The van der Waals surface area contributed by atoms with Gasteiger partial charge in [-0.15, -0.1) is 0 Å². The Hall–Kier alpha value is -0.0400. The zero-order chi connectivity index (χ0) is 19.8. The van der Waals surface area contributed by atoms with Gasteiger partial charge in [0.1, 0.15) is 0 Å². The summed E-state index contributed by atoms with van der Waals surface area (Å²) in [5.74, 6) is 2.07. The van der Waals surface area contributed by atoms with Gasteiger partial charge in [0.2, 0.25) is 0 Å². The quantitative estimate of drug-likeness (QED) is 0.455. The summed E-state index contributed by atoms with van der Waals surface area (Å²) in [5, 5.41) is 0. The standard InChI is InChI=1S/C27H51N/c1-4-27(3,5-2)28(23-19-15-11-7-6-8-12-16-20-23)26-24-21-17-13-9-10-14-18-22-25(24)26/h23-26H,4-22H2,1-3H3. The normalized spacial score (nSPS) is 31.9. The van der Waals surface area contributed by atoms with E-state index in [1.807, 2.05) is 0 Å². The molecular formula is C27H51N. The van der Waals surface area contributed by atoms with Crippen LogP contribution in [0.3, 0.4) is 0 Å². The lowest BCUT2D eigenvalue weighted by Crippen LogP contribution is -2.53. The molecule has 1 heteroatoms. The van der Waals surface area contributed by atoms with Gasteiger partial charge in [-0.05, 0) is 57.3 Å². The van der Waals surface area contributed by atoms with Crippen LogP contribution < -0.4 is 0 Å². The minimum Gasteiger partial charge on any atom is -0.291 e. The van der Waals surface area contributed by atoms with E-state index in [2.05, 4.69) is 25.7 Å². The summed E-state index contributed by atoms with van der Waals surface area (Å²) in [6.45, 7) is 7.56. The Labute approximate surface area is 177 Å². The van der Waals surface area contributed by atoms with Crippen LogP contribution in [0.25, 0.3) is 0 Å². The van der Waals surface area contributed by atoms with Gasteiger partial charge in [-0.3, -0.25) is 4.90 Å². The first-order chi connectivity index (χ1) is 13.7. The van der Waals surface area contributed by atoms with Gasteiger partial charge >= 0.3 is 0 Å². The highest BCUT2D eigenvalue weighted by Gasteiger charge is 2.56. The second-order valence-corrected chi connectivity index (χ2v) is 10.8. The summed E-state index contributed by atoms with van der Waals surface area (Å²) in [6.07, 6.45) is 28.1. The fourth-order valence-electron chi connectivity index (χ4n) is 6.80. The van der Waals surface area contributed by atoms with E-state index in [1.54, 1.807) is 0 Å². The van der Waals surface area contributed by atoms with Crippen LogP contribution in [0.4, 0.5) is 0 Å². The van der Waals surface area contributed by atoms with E-state index < -0.39 is 0 Å². The predicted molar refractivity (Wildman–Crippen MR) is 124 cm³/mol. The van der Waals surface area contributed by atoms with Crippen molar-refractivity contribution >= 4 is 0 Å². The van der Waals surface area contributed by atoms with Crippen molar-refractivity contribution in [2.45, 2.75) is 160 Å². The first-order valence-electron chi connectivity index (χ1n) is 13.5. The van der Waals surface area contributed by atoms with E-state index >= 15 is 0 Å². The van der Waals surface area contributed by atoms with Crippen molar-refractivity contribution in [3.05, 3.63) is 0 Å². The molecule has 3 saturated carbocycles. The van der Waals surface area contributed by atoms with Crippen molar-refractivity contribution in [1.82, 2.24) is 4.90 Å². The third-order valence-electron chi connectivity index (χ3n) is 9.05. The van der Waals surface area contributed by atoms with Crippen molar-refractivity contribution in [1.29, 1.82) is 0 Å². The Balaban J connectivity index is 1.77. The van der Waals surface area contributed by atoms with Gasteiger partial charge < -0.3 is 0 Å². The minimum absolute atomic E-state index is 0.423. The van der Waals surface area contributed by atoms with Crippen LogP contribution in [0.2, 0.25) is 0 Å². The smallest absolute Gasteiger partial charge is 0.0182 e. The lowest BCUT2D eigenvalue weighted by Gasteiger charge is -2.47. The molecule has 0 saturated heterocycles. The van der Waals surface area contributed by atoms with Crippen molar-refractivity contribution in [2.75, 3.05) is 0 Å². The van der Waals surface area contributed by atoms with E-state index in [-0.39, 0.29) is 0 Å². The van der Waals surface area contributed by atoms with Crippen molar-refractivity contribution in [3.63, 3.8) is 0 Å². The highest BCUT2D eigenvalue weighted by molar-refractivity contribution is 5.09. The van der Waals surface area contributed by atoms with E-state index in [0.717, 1.165) is 23.9 Å². The van der Waals surface area contributed by atoms with Crippen molar-refractivity contribution < 1.29 is 0 Å². The third-order valence-corrected chi connectivity index (χ3v) is 9.05. The maximum Gasteiger partial charge on any atom is 0.0182 e. The first kappa shape index (κ1) is 22.6. The summed E-state index contributed by atoms with van der Waals surface area (Å²) in [4.78, 5) is 3.18. The summed E-state index contributed by atoms with van der Waals surface area (Å²) < 4.78 is 0. The molecule has 0 amide bonds. The molecule has 0 aliphatic heterocycles. The van der Waals surface area contributed by atoms with E-state index in [0.29, 0.717) is 5.54 Å².